The molecule has 0 aromatic heterocycles. The normalized spacial score (nSPS) is 20.2. The summed E-state index contributed by atoms with van der Waals surface area (Å²) in [6.07, 6.45) is 3.41. The minimum Gasteiger partial charge on any atom is -0.497 e. The van der Waals surface area contributed by atoms with Gasteiger partial charge in [0, 0.05) is 12.1 Å². The van der Waals surface area contributed by atoms with Crippen LogP contribution in [0.15, 0.2) is 18.2 Å². The van der Waals surface area contributed by atoms with Crippen LogP contribution < -0.4 is 14.8 Å². The fraction of sp³-hybridized carbons (Fsp3) is 0.556. The first-order valence-corrected chi connectivity index (χ1v) is 8.39. The molecule has 6 nitrogen and oxygen atoms in total. The van der Waals surface area contributed by atoms with E-state index in [2.05, 4.69) is 5.32 Å². The maximum atomic E-state index is 12.6. The number of ether oxygens (including phenoxy) is 2. The molecule has 132 valence electrons. The fourth-order valence-corrected chi connectivity index (χ4v) is 2.90. The lowest BCUT2D eigenvalue weighted by Crippen LogP contribution is -2.38. The smallest absolute Gasteiger partial charge is 0.306 e. The Labute approximate surface area is 142 Å². The lowest BCUT2D eigenvalue weighted by atomic mass is 9.86. The van der Waals surface area contributed by atoms with Crippen molar-refractivity contribution in [3.05, 3.63) is 23.8 Å². The number of hydrogen-bond acceptors (Lipinski definition) is 4. The van der Waals surface area contributed by atoms with Gasteiger partial charge in [-0.05, 0) is 44.2 Å². The first kappa shape index (κ1) is 18.1. The molecule has 0 saturated heterocycles. The third kappa shape index (κ3) is 4.63. The quantitative estimate of drug-likeness (QED) is 0.800. The number of benzene rings is 1. The van der Waals surface area contributed by atoms with E-state index in [1.54, 1.807) is 25.3 Å². The van der Waals surface area contributed by atoms with E-state index in [1.807, 2.05) is 6.92 Å². The second-order valence-electron chi connectivity index (χ2n) is 6.07. The van der Waals surface area contributed by atoms with Gasteiger partial charge in [-0.3, -0.25) is 9.59 Å². The van der Waals surface area contributed by atoms with Gasteiger partial charge in [0.15, 0.2) is 0 Å². The molecule has 1 amide bonds. The highest BCUT2D eigenvalue weighted by atomic mass is 16.5. The van der Waals surface area contributed by atoms with Gasteiger partial charge in [-0.15, -0.1) is 0 Å². The Morgan fingerprint density at radius 1 is 1.25 bits per heavy atom. The molecule has 0 spiro atoms. The van der Waals surface area contributed by atoms with Crippen molar-refractivity contribution in [2.45, 2.75) is 45.1 Å². The fourth-order valence-electron chi connectivity index (χ4n) is 2.90. The predicted octanol–water partition coefficient (Wildman–Crippen LogP) is 2.86. The summed E-state index contributed by atoms with van der Waals surface area (Å²) in [7, 11) is 1.57. The molecule has 0 bridgehead atoms. The molecule has 1 aliphatic rings. The van der Waals surface area contributed by atoms with Gasteiger partial charge in [0.05, 0.1) is 25.2 Å². The number of nitrogens with one attached hydrogen (secondary N) is 1. The van der Waals surface area contributed by atoms with Crippen molar-refractivity contribution in [3.63, 3.8) is 0 Å². The van der Waals surface area contributed by atoms with Crippen molar-refractivity contribution < 1.29 is 24.2 Å². The number of amides is 1. The standard InChI is InChI=1S/C18H25NO5/c1-3-10-24-16-11-14(23-2)8-9-15(16)17(20)19-13-6-4-12(5-7-13)18(21)22/h8-9,11-13H,3-7,10H2,1-2H3,(H,19,20)(H,21,22). The molecule has 0 unspecified atom stereocenters. The van der Waals surface area contributed by atoms with Crippen LogP contribution in [-0.4, -0.2) is 36.7 Å². The highest BCUT2D eigenvalue weighted by Gasteiger charge is 2.27. The van der Waals surface area contributed by atoms with Gasteiger partial charge in [-0.1, -0.05) is 6.92 Å². The molecule has 0 radical (unpaired) electrons. The van der Waals surface area contributed by atoms with Crippen LogP contribution >= 0.6 is 0 Å². The van der Waals surface area contributed by atoms with Crippen molar-refractivity contribution in [3.8, 4) is 11.5 Å². The number of carbonyl (C=O) groups is 2. The number of rotatable bonds is 7. The molecule has 0 aliphatic heterocycles. The van der Waals surface area contributed by atoms with Crippen LogP contribution in [0.2, 0.25) is 0 Å². The van der Waals surface area contributed by atoms with E-state index in [4.69, 9.17) is 14.6 Å². The highest BCUT2D eigenvalue weighted by Crippen LogP contribution is 2.27. The SMILES string of the molecule is CCCOc1cc(OC)ccc1C(=O)NC1CCC(C(=O)O)CC1. The van der Waals surface area contributed by atoms with E-state index in [0.717, 1.165) is 6.42 Å². The Morgan fingerprint density at radius 2 is 1.96 bits per heavy atom. The first-order valence-electron chi connectivity index (χ1n) is 8.39. The summed E-state index contributed by atoms with van der Waals surface area (Å²) < 4.78 is 10.9. The number of methoxy groups -OCH3 is 1. The van der Waals surface area contributed by atoms with Gasteiger partial charge in [0.25, 0.3) is 5.91 Å². The van der Waals surface area contributed by atoms with Crippen LogP contribution in [0.1, 0.15) is 49.4 Å². The Bertz CT molecular complexity index is 579. The van der Waals surface area contributed by atoms with E-state index in [9.17, 15) is 9.59 Å². The molecule has 2 N–H and O–H groups in total. The zero-order chi connectivity index (χ0) is 17.5. The van der Waals surface area contributed by atoms with Crippen molar-refractivity contribution in [1.29, 1.82) is 0 Å². The number of aliphatic carboxylic acids is 1. The molecule has 6 heteroatoms. The van der Waals surface area contributed by atoms with Gasteiger partial charge in [0.2, 0.25) is 0 Å². The number of carbonyl (C=O) groups excluding carboxylic acids is 1. The molecule has 1 aliphatic carbocycles. The molecule has 2 rings (SSSR count). The van der Waals surface area contributed by atoms with Crippen molar-refractivity contribution in [2.24, 2.45) is 5.92 Å². The van der Waals surface area contributed by atoms with E-state index >= 15 is 0 Å². The number of hydrogen-bond donors (Lipinski definition) is 2. The first-order chi connectivity index (χ1) is 11.5. The van der Waals surface area contributed by atoms with Gasteiger partial charge in [0.1, 0.15) is 11.5 Å². The van der Waals surface area contributed by atoms with Gasteiger partial charge < -0.3 is 19.9 Å². The summed E-state index contributed by atoms with van der Waals surface area (Å²) in [5, 5.41) is 12.0. The molecule has 1 aromatic rings. The summed E-state index contributed by atoms with van der Waals surface area (Å²) in [5.74, 6) is -0.0807. The monoisotopic (exact) mass is 335 g/mol. The highest BCUT2D eigenvalue weighted by molar-refractivity contribution is 5.97. The third-order valence-corrected chi connectivity index (χ3v) is 4.31. The van der Waals surface area contributed by atoms with Crippen LogP contribution in [0, 0.1) is 5.92 Å². The molecule has 1 aromatic carbocycles. The number of carboxylic acids is 1. The van der Waals surface area contributed by atoms with Crippen LogP contribution in [0.3, 0.4) is 0 Å². The zero-order valence-corrected chi connectivity index (χ0v) is 14.2. The Morgan fingerprint density at radius 3 is 2.54 bits per heavy atom. The average Bonchev–Trinajstić information content (AvgIpc) is 2.60. The largest absolute Gasteiger partial charge is 0.497 e. The second-order valence-corrected chi connectivity index (χ2v) is 6.07. The van der Waals surface area contributed by atoms with Crippen molar-refractivity contribution in [1.82, 2.24) is 5.32 Å². The van der Waals surface area contributed by atoms with E-state index in [1.165, 1.54) is 0 Å². The number of carboxylic acid groups (broad SMARTS) is 1. The summed E-state index contributed by atoms with van der Waals surface area (Å²) >= 11 is 0. The van der Waals surface area contributed by atoms with Crippen LogP contribution in [0.25, 0.3) is 0 Å². The Kier molecular flexibility index (Phi) is 6.46. The minimum atomic E-state index is -0.745. The van der Waals surface area contributed by atoms with Gasteiger partial charge in [-0.2, -0.15) is 0 Å². The Hall–Kier alpha value is -2.24. The molecule has 1 saturated carbocycles. The summed E-state index contributed by atoms with van der Waals surface area (Å²) in [6.45, 7) is 2.53. The van der Waals surface area contributed by atoms with Crippen LogP contribution in [0.4, 0.5) is 0 Å². The van der Waals surface area contributed by atoms with Gasteiger partial charge in [-0.25, -0.2) is 0 Å². The molecule has 0 heterocycles. The van der Waals surface area contributed by atoms with Crippen LogP contribution in [-0.2, 0) is 4.79 Å². The summed E-state index contributed by atoms with van der Waals surface area (Å²) in [4.78, 5) is 23.6. The second kappa shape index (κ2) is 8.57. The van der Waals surface area contributed by atoms with Crippen molar-refractivity contribution in [2.75, 3.05) is 13.7 Å². The molecular formula is C18H25NO5. The molecule has 1 fully saturated rings. The Balaban J connectivity index is 2.02. The lowest BCUT2D eigenvalue weighted by molar-refractivity contribution is -0.142. The molecular weight excluding hydrogens is 310 g/mol. The maximum Gasteiger partial charge on any atom is 0.306 e. The van der Waals surface area contributed by atoms with Gasteiger partial charge >= 0.3 is 5.97 Å². The molecule has 0 atom stereocenters. The summed E-state index contributed by atoms with van der Waals surface area (Å²) in [6, 6.07) is 5.15. The van der Waals surface area contributed by atoms with Crippen molar-refractivity contribution >= 4 is 11.9 Å². The summed E-state index contributed by atoms with van der Waals surface area (Å²) in [5.41, 5.74) is 0.476. The predicted molar refractivity (Wildman–Crippen MR) is 89.6 cm³/mol. The van der Waals surface area contributed by atoms with E-state index in [-0.39, 0.29) is 17.9 Å². The average molecular weight is 335 g/mol. The molecule has 24 heavy (non-hydrogen) atoms. The topological polar surface area (TPSA) is 84.9 Å². The maximum absolute atomic E-state index is 12.6. The van der Waals surface area contributed by atoms with E-state index in [0.29, 0.717) is 49.4 Å². The minimum absolute atomic E-state index is 0.00854. The lowest BCUT2D eigenvalue weighted by Gasteiger charge is -2.27. The zero-order valence-electron chi connectivity index (χ0n) is 14.2. The van der Waals surface area contributed by atoms with Crippen LogP contribution in [0.5, 0.6) is 11.5 Å². The van der Waals surface area contributed by atoms with E-state index < -0.39 is 5.97 Å². The third-order valence-electron chi connectivity index (χ3n) is 4.31.